The fourth-order valence-electron chi connectivity index (χ4n) is 1.76. The Labute approximate surface area is 97.6 Å². The van der Waals surface area contributed by atoms with E-state index in [0.717, 1.165) is 16.5 Å². The summed E-state index contributed by atoms with van der Waals surface area (Å²) in [7, 11) is 0. The lowest BCUT2D eigenvalue weighted by molar-refractivity contribution is -0.152. The third-order valence-corrected chi connectivity index (χ3v) is 2.58. The number of rotatable bonds is 4. The van der Waals surface area contributed by atoms with Crippen molar-refractivity contribution >= 4 is 23.3 Å². The van der Waals surface area contributed by atoms with Gasteiger partial charge in [0.2, 0.25) is 0 Å². The number of hydrogen-bond donors (Lipinski definition) is 2. The van der Waals surface area contributed by atoms with E-state index in [1.165, 1.54) is 0 Å². The maximum absolute atomic E-state index is 11.2. The van der Waals surface area contributed by atoms with Gasteiger partial charge in [-0.2, -0.15) is 0 Å². The zero-order valence-electron chi connectivity index (χ0n) is 9.05. The third kappa shape index (κ3) is 2.34. The highest BCUT2D eigenvalue weighted by molar-refractivity contribution is 5.85. The predicted octanol–water partition coefficient (Wildman–Crippen LogP) is 0.737. The molecule has 1 atom stereocenters. The Morgan fingerprint density at radius 2 is 2.24 bits per heavy atom. The van der Waals surface area contributed by atoms with Crippen molar-refractivity contribution in [3.05, 3.63) is 36.0 Å². The van der Waals surface area contributed by atoms with Crippen molar-refractivity contribution in [2.45, 2.75) is 12.5 Å². The number of aromatic nitrogens is 1. The summed E-state index contributed by atoms with van der Waals surface area (Å²) in [4.78, 5) is 24.3. The molecule has 1 heterocycles. The Hall–Kier alpha value is -2.14. The maximum atomic E-state index is 11.2. The lowest BCUT2D eigenvalue weighted by Gasteiger charge is -2.07. The van der Waals surface area contributed by atoms with Gasteiger partial charge in [0.05, 0.1) is 0 Å². The van der Waals surface area contributed by atoms with Crippen molar-refractivity contribution in [3.63, 3.8) is 0 Å². The molecule has 5 nitrogen and oxygen atoms in total. The second kappa shape index (κ2) is 4.80. The van der Waals surface area contributed by atoms with Crippen LogP contribution < -0.4 is 5.73 Å². The molecule has 0 amide bonds. The number of benzene rings is 1. The van der Waals surface area contributed by atoms with Crippen LogP contribution in [0.15, 0.2) is 30.5 Å². The van der Waals surface area contributed by atoms with Gasteiger partial charge in [-0.1, -0.05) is 18.2 Å². The van der Waals surface area contributed by atoms with Crippen LogP contribution in [0.2, 0.25) is 0 Å². The van der Waals surface area contributed by atoms with Crippen LogP contribution in [0.1, 0.15) is 5.56 Å². The SMILES string of the molecule is NC(Cc1c[nH]c2ccccc12)C(=O)OC=O. The van der Waals surface area contributed by atoms with E-state index in [9.17, 15) is 9.59 Å². The summed E-state index contributed by atoms with van der Waals surface area (Å²) in [6.07, 6.45) is 2.13. The van der Waals surface area contributed by atoms with Gasteiger partial charge < -0.3 is 15.5 Å². The van der Waals surface area contributed by atoms with E-state index in [1.54, 1.807) is 6.20 Å². The molecule has 0 spiro atoms. The number of aromatic amines is 1. The van der Waals surface area contributed by atoms with Crippen molar-refractivity contribution in [1.29, 1.82) is 0 Å². The van der Waals surface area contributed by atoms with Gasteiger partial charge in [-0.15, -0.1) is 0 Å². The van der Waals surface area contributed by atoms with Crippen molar-refractivity contribution in [2.24, 2.45) is 5.73 Å². The highest BCUT2D eigenvalue weighted by atomic mass is 16.6. The first-order valence-corrected chi connectivity index (χ1v) is 5.17. The molecule has 88 valence electrons. The fourth-order valence-corrected chi connectivity index (χ4v) is 1.76. The second-order valence-electron chi connectivity index (χ2n) is 3.70. The minimum Gasteiger partial charge on any atom is -0.394 e. The smallest absolute Gasteiger partial charge is 0.330 e. The van der Waals surface area contributed by atoms with Gasteiger partial charge in [-0.25, -0.2) is 4.79 Å². The average Bonchev–Trinajstić information content (AvgIpc) is 2.73. The molecule has 0 radical (unpaired) electrons. The summed E-state index contributed by atoms with van der Waals surface area (Å²) in [5.74, 6) is -0.717. The quantitative estimate of drug-likeness (QED) is 0.462. The molecule has 17 heavy (non-hydrogen) atoms. The van der Waals surface area contributed by atoms with E-state index in [2.05, 4.69) is 9.72 Å². The normalized spacial score (nSPS) is 12.3. The van der Waals surface area contributed by atoms with E-state index >= 15 is 0 Å². The molecule has 0 aliphatic rings. The number of H-pyrrole nitrogens is 1. The molecular weight excluding hydrogens is 220 g/mol. The van der Waals surface area contributed by atoms with Gasteiger partial charge in [0.1, 0.15) is 6.04 Å². The van der Waals surface area contributed by atoms with Crippen LogP contribution in [-0.4, -0.2) is 23.5 Å². The standard InChI is InChI=1S/C12H12N2O3/c13-10(12(16)17-7-15)5-8-6-14-11-4-2-1-3-9(8)11/h1-4,6-7,10,14H,5,13H2. The minimum absolute atomic E-state index is 0.0947. The average molecular weight is 232 g/mol. The van der Waals surface area contributed by atoms with Crippen molar-refractivity contribution in [3.8, 4) is 0 Å². The second-order valence-corrected chi connectivity index (χ2v) is 3.70. The maximum Gasteiger partial charge on any atom is 0.330 e. The van der Waals surface area contributed by atoms with Crippen LogP contribution >= 0.6 is 0 Å². The zero-order chi connectivity index (χ0) is 12.3. The summed E-state index contributed by atoms with van der Waals surface area (Å²) in [6, 6.07) is 6.88. The molecule has 0 fully saturated rings. The number of carbonyl (C=O) groups excluding carboxylic acids is 2. The summed E-state index contributed by atoms with van der Waals surface area (Å²) >= 11 is 0. The molecule has 0 aliphatic carbocycles. The molecule has 2 aromatic rings. The van der Waals surface area contributed by atoms with Crippen LogP contribution in [0, 0.1) is 0 Å². The molecule has 1 aromatic carbocycles. The van der Waals surface area contributed by atoms with Gasteiger partial charge in [0, 0.05) is 23.5 Å². The highest BCUT2D eigenvalue weighted by Gasteiger charge is 2.17. The minimum atomic E-state index is -0.834. The number of nitrogens with two attached hydrogens (primary N) is 1. The van der Waals surface area contributed by atoms with E-state index in [4.69, 9.17) is 5.73 Å². The molecule has 0 saturated carbocycles. The molecule has 0 bridgehead atoms. The first-order chi connectivity index (χ1) is 8.22. The number of carbonyl (C=O) groups is 2. The summed E-state index contributed by atoms with van der Waals surface area (Å²) in [5.41, 5.74) is 7.55. The predicted molar refractivity (Wildman–Crippen MR) is 62.1 cm³/mol. The number of esters is 1. The fraction of sp³-hybridized carbons (Fsp3) is 0.167. The summed E-state index contributed by atoms with van der Waals surface area (Å²) in [6.45, 7) is 0.0947. The largest absolute Gasteiger partial charge is 0.394 e. The molecular formula is C12H12N2O3. The van der Waals surface area contributed by atoms with Gasteiger partial charge in [0.25, 0.3) is 0 Å². The van der Waals surface area contributed by atoms with E-state index in [1.807, 2.05) is 24.3 Å². The van der Waals surface area contributed by atoms with Crippen LogP contribution in [0.5, 0.6) is 0 Å². The zero-order valence-corrected chi connectivity index (χ0v) is 9.05. The topological polar surface area (TPSA) is 85.2 Å². The van der Waals surface area contributed by atoms with Crippen LogP contribution in [0.25, 0.3) is 10.9 Å². The monoisotopic (exact) mass is 232 g/mol. The summed E-state index contributed by atoms with van der Waals surface area (Å²) < 4.78 is 4.21. The Morgan fingerprint density at radius 1 is 1.47 bits per heavy atom. The van der Waals surface area contributed by atoms with Gasteiger partial charge in [-0.3, -0.25) is 4.79 Å². The lowest BCUT2D eigenvalue weighted by Crippen LogP contribution is -2.34. The number of hydrogen-bond acceptors (Lipinski definition) is 4. The molecule has 1 unspecified atom stereocenters. The van der Waals surface area contributed by atoms with Gasteiger partial charge in [-0.05, 0) is 11.6 Å². The van der Waals surface area contributed by atoms with Gasteiger partial charge in [0.15, 0.2) is 0 Å². The van der Waals surface area contributed by atoms with Crippen LogP contribution in [-0.2, 0) is 20.7 Å². The molecule has 0 aliphatic heterocycles. The van der Waals surface area contributed by atoms with Gasteiger partial charge >= 0.3 is 12.4 Å². The van der Waals surface area contributed by atoms with E-state index in [0.29, 0.717) is 6.42 Å². The Balaban J connectivity index is 2.18. The molecule has 3 N–H and O–H groups in total. The summed E-state index contributed by atoms with van der Waals surface area (Å²) in [5, 5.41) is 1.02. The van der Waals surface area contributed by atoms with E-state index < -0.39 is 12.0 Å². The Morgan fingerprint density at radius 3 is 3.00 bits per heavy atom. The molecule has 5 heteroatoms. The Kier molecular flexibility index (Phi) is 3.20. The van der Waals surface area contributed by atoms with Crippen molar-refractivity contribution in [1.82, 2.24) is 4.98 Å². The lowest BCUT2D eigenvalue weighted by atomic mass is 10.1. The molecule has 1 aromatic heterocycles. The number of fused-ring (bicyclic) bond motifs is 1. The van der Waals surface area contributed by atoms with E-state index in [-0.39, 0.29) is 6.47 Å². The van der Waals surface area contributed by atoms with Crippen molar-refractivity contribution < 1.29 is 14.3 Å². The number of ether oxygens (including phenoxy) is 1. The number of para-hydroxylation sites is 1. The first kappa shape index (κ1) is 11.3. The third-order valence-electron chi connectivity index (χ3n) is 2.58. The molecule has 0 saturated heterocycles. The van der Waals surface area contributed by atoms with Crippen LogP contribution in [0.3, 0.4) is 0 Å². The highest BCUT2D eigenvalue weighted by Crippen LogP contribution is 2.18. The van der Waals surface area contributed by atoms with Crippen molar-refractivity contribution in [2.75, 3.05) is 0 Å². The first-order valence-electron chi connectivity index (χ1n) is 5.17. The Bertz CT molecular complexity index is 547. The van der Waals surface area contributed by atoms with Crippen LogP contribution in [0.4, 0.5) is 0 Å². The number of nitrogens with one attached hydrogen (secondary N) is 1. The molecule has 2 rings (SSSR count).